The lowest BCUT2D eigenvalue weighted by atomic mass is 10.0. The number of aliphatic hydroxyl groups excluding tert-OH is 1. The fourth-order valence-corrected chi connectivity index (χ4v) is 2.41. The maximum absolute atomic E-state index is 13.4. The zero-order valence-corrected chi connectivity index (χ0v) is 10.3. The first kappa shape index (κ1) is 13.3. The summed E-state index contributed by atoms with van der Waals surface area (Å²) in [7, 11) is 0. The van der Waals surface area contributed by atoms with E-state index in [1.165, 1.54) is 12.1 Å². The predicted octanol–water partition coefficient (Wildman–Crippen LogP) is 0.860. The Morgan fingerprint density at radius 1 is 1.33 bits per heavy atom. The van der Waals surface area contributed by atoms with Crippen LogP contribution < -0.4 is 5.32 Å². The van der Waals surface area contributed by atoms with Gasteiger partial charge in [0, 0.05) is 38.8 Å². The van der Waals surface area contributed by atoms with Crippen molar-refractivity contribution in [3.8, 4) is 5.75 Å². The van der Waals surface area contributed by atoms with Gasteiger partial charge in [-0.1, -0.05) is 6.07 Å². The first-order valence-corrected chi connectivity index (χ1v) is 6.26. The highest BCUT2D eigenvalue weighted by molar-refractivity contribution is 5.30. The number of nitrogens with zero attached hydrogens (tertiary/aromatic N) is 1. The topological polar surface area (TPSA) is 55.7 Å². The standard InChI is InChI=1S/C13H19FN2O2/c14-11-9-10(1-2-13(11)18)12(3-8-17)16-6-4-15-5-7-16/h1-2,9,12,15,17-18H,3-8H2/t12-/m1/s1. The molecule has 0 aliphatic carbocycles. The van der Waals surface area contributed by atoms with E-state index in [1.54, 1.807) is 6.07 Å². The zero-order chi connectivity index (χ0) is 13.0. The van der Waals surface area contributed by atoms with Crippen molar-refractivity contribution in [2.45, 2.75) is 12.5 Å². The highest BCUT2D eigenvalue weighted by Crippen LogP contribution is 2.27. The zero-order valence-electron chi connectivity index (χ0n) is 10.3. The molecule has 1 atom stereocenters. The lowest BCUT2D eigenvalue weighted by molar-refractivity contribution is 0.141. The molecular weight excluding hydrogens is 235 g/mol. The van der Waals surface area contributed by atoms with Crippen LogP contribution in [-0.2, 0) is 0 Å². The van der Waals surface area contributed by atoms with Crippen LogP contribution >= 0.6 is 0 Å². The van der Waals surface area contributed by atoms with Gasteiger partial charge in [-0.15, -0.1) is 0 Å². The molecule has 18 heavy (non-hydrogen) atoms. The third kappa shape index (κ3) is 2.98. The van der Waals surface area contributed by atoms with Gasteiger partial charge < -0.3 is 15.5 Å². The van der Waals surface area contributed by atoms with Gasteiger partial charge in [-0.05, 0) is 24.1 Å². The molecule has 1 saturated heterocycles. The molecule has 5 heteroatoms. The Labute approximate surface area is 106 Å². The first-order chi connectivity index (χ1) is 8.72. The number of benzene rings is 1. The summed E-state index contributed by atoms with van der Waals surface area (Å²) in [6.07, 6.45) is 0.574. The summed E-state index contributed by atoms with van der Waals surface area (Å²) in [5, 5.41) is 21.7. The molecule has 0 amide bonds. The van der Waals surface area contributed by atoms with Gasteiger partial charge >= 0.3 is 0 Å². The minimum absolute atomic E-state index is 0.00667. The van der Waals surface area contributed by atoms with E-state index in [1.807, 2.05) is 0 Å². The van der Waals surface area contributed by atoms with Crippen molar-refractivity contribution in [1.82, 2.24) is 10.2 Å². The summed E-state index contributed by atoms with van der Waals surface area (Å²) in [6.45, 7) is 3.64. The molecule has 0 aromatic heterocycles. The van der Waals surface area contributed by atoms with E-state index in [-0.39, 0.29) is 18.4 Å². The SMILES string of the molecule is OCC[C@H](c1ccc(O)c(F)c1)N1CCNCC1. The second kappa shape index (κ2) is 6.13. The summed E-state index contributed by atoms with van der Waals surface area (Å²) in [6, 6.07) is 4.46. The normalized spacial score (nSPS) is 18.8. The number of phenolic OH excluding ortho intramolecular Hbond substituents is 1. The highest BCUT2D eigenvalue weighted by Gasteiger charge is 2.22. The van der Waals surface area contributed by atoms with E-state index in [4.69, 9.17) is 5.11 Å². The number of hydrogen-bond donors (Lipinski definition) is 3. The Morgan fingerprint density at radius 3 is 2.67 bits per heavy atom. The van der Waals surface area contributed by atoms with Gasteiger partial charge in [-0.2, -0.15) is 0 Å². The number of hydrogen-bond acceptors (Lipinski definition) is 4. The third-order valence-corrected chi connectivity index (χ3v) is 3.35. The molecule has 100 valence electrons. The van der Waals surface area contributed by atoms with Crippen molar-refractivity contribution in [2.24, 2.45) is 0 Å². The predicted molar refractivity (Wildman–Crippen MR) is 67.0 cm³/mol. The Kier molecular flexibility index (Phi) is 4.52. The largest absolute Gasteiger partial charge is 0.505 e. The van der Waals surface area contributed by atoms with Crippen LogP contribution in [0.25, 0.3) is 0 Å². The number of aromatic hydroxyl groups is 1. The van der Waals surface area contributed by atoms with E-state index in [9.17, 15) is 9.50 Å². The number of phenols is 1. The van der Waals surface area contributed by atoms with Gasteiger partial charge in [-0.3, -0.25) is 4.90 Å². The molecule has 0 bridgehead atoms. The van der Waals surface area contributed by atoms with E-state index >= 15 is 0 Å². The molecule has 1 aliphatic heterocycles. The van der Waals surface area contributed by atoms with Crippen molar-refractivity contribution in [1.29, 1.82) is 0 Å². The van der Waals surface area contributed by atoms with Crippen molar-refractivity contribution in [3.05, 3.63) is 29.6 Å². The molecule has 4 nitrogen and oxygen atoms in total. The van der Waals surface area contributed by atoms with Crippen molar-refractivity contribution < 1.29 is 14.6 Å². The summed E-state index contributed by atoms with van der Waals surface area (Å²) in [5.74, 6) is -0.938. The average molecular weight is 254 g/mol. The molecule has 1 heterocycles. The molecule has 1 aromatic carbocycles. The molecule has 0 radical (unpaired) electrons. The van der Waals surface area contributed by atoms with Gasteiger partial charge in [0.1, 0.15) is 0 Å². The van der Waals surface area contributed by atoms with Crippen molar-refractivity contribution in [2.75, 3.05) is 32.8 Å². The van der Waals surface area contributed by atoms with Crippen molar-refractivity contribution >= 4 is 0 Å². The monoisotopic (exact) mass is 254 g/mol. The van der Waals surface area contributed by atoms with Gasteiger partial charge in [0.2, 0.25) is 0 Å². The fourth-order valence-electron chi connectivity index (χ4n) is 2.41. The van der Waals surface area contributed by atoms with E-state index in [0.29, 0.717) is 6.42 Å². The van der Waals surface area contributed by atoms with E-state index in [0.717, 1.165) is 31.7 Å². The van der Waals surface area contributed by atoms with Crippen LogP contribution in [0.3, 0.4) is 0 Å². The lowest BCUT2D eigenvalue weighted by Gasteiger charge is -2.35. The first-order valence-electron chi connectivity index (χ1n) is 6.26. The molecule has 0 saturated carbocycles. The molecule has 1 fully saturated rings. The second-order valence-electron chi connectivity index (χ2n) is 4.52. The Hall–Kier alpha value is -1.17. The van der Waals surface area contributed by atoms with Gasteiger partial charge in [0.05, 0.1) is 0 Å². The number of piperazine rings is 1. The fraction of sp³-hybridized carbons (Fsp3) is 0.538. The maximum Gasteiger partial charge on any atom is 0.165 e. The summed E-state index contributed by atoms with van der Waals surface area (Å²) >= 11 is 0. The molecule has 0 unspecified atom stereocenters. The van der Waals surface area contributed by atoms with Crippen LogP contribution in [0.1, 0.15) is 18.0 Å². The minimum Gasteiger partial charge on any atom is -0.505 e. The van der Waals surface area contributed by atoms with Crippen LogP contribution in [0, 0.1) is 5.82 Å². The number of aliphatic hydroxyl groups is 1. The average Bonchev–Trinajstić information content (AvgIpc) is 2.40. The second-order valence-corrected chi connectivity index (χ2v) is 4.52. The molecule has 0 spiro atoms. The quantitative estimate of drug-likeness (QED) is 0.746. The van der Waals surface area contributed by atoms with Crippen molar-refractivity contribution in [3.63, 3.8) is 0 Å². The lowest BCUT2D eigenvalue weighted by Crippen LogP contribution is -2.45. The Bertz CT molecular complexity index is 395. The van der Waals surface area contributed by atoms with Gasteiger partial charge in [0.25, 0.3) is 0 Å². The van der Waals surface area contributed by atoms with Crippen LogP contribution in [0.4, 0.5) is 4.39 Å². The molecule has 1 aromatic rings. The van der Waals surface area contributed by atoms with E-state index in [2.05, 4.69) is 10.2 Å². The smallest absolute Gasteiger partial charge is 0.165 e. The van der Waals surface area contributed by atoms with Crippen LogP contribution in [0.15, 0.2) is 18.2 Å². The van der Waals surface area contributed by atoms with Crippen LogP contribution in [-0.4, -0.2) is 47.9 Å². The summed E-state index contributed by atoms with van der Waals surface area (Å²) in [5.41, 5.74) is 0.807. The molecule has 1 aliphatic rings. The van der Waals surface area contributed by atoms with Gasteiger partial charge in [0.15, 0.2) is 11.6 Å². The molecular formula is C13H19FN2O2. The number of rotatable bonds is 4. The van der Waals surface area contributed by atoms with Crippen LogP contribution in [0.2, 0.25) is 0 Å². The number of nitrogens with one attached hydrogen (secondary N) is 1. The highest BCUT2D eigenvalue weighted by atomic mass is 19.1. The Balaban J connectivity index is 2.19. The van der Waals surface area contributed by atoms with E-state index < -0.39 is 5.82 Å². The minimum atomic E-state index is -0.606. The molecule has 3 N–H and O–H groups in total. The third-order valence-electron chi connectivity index (χ3n) is 3.35. The molecule has 2 rings (SSSR count). The van der Waals surface area contributed by atoms with Crippen LogP contribution in [0.5, 0.6) is 5.75 Å². The summed E-state index contributed by atoms with van der Waals surface area (Å²) < 4.78 is 13.4. The van der Waals surface area contributed by atoms with Gasteiger partial charge in [-0.25, -0.2) is 4.39 Å². The Morgan fingerprint density at radius 2 is 2.06 bits per heavy atom. The summed E-state index contributed by atoms with van der Waals surface area (Å²) in [4.78, 5) is 2.23. The maximum atomic E-state index is 13.4. The number of halogens is 1.